The van der Waals surface area contributed by atoms with Crippen LogP contribution in [0, 0.1) is 0 Å². The number of hydrogen-bond donors (Lipinski definition) is 0. The summed E-state index contributed by atoms with van der Waals surface area (Å²) in [4.78, 5) is 13.7. The van der Waals surface area contributed by atoms with E-state index in [0.29, 0.717) is 12.5 Å². The molecule has 2 rings (SSSR count). The molecular formula is C16H23NO3. The molecule has 0 bridgehead atoms. The van der Waals surface area contributed by atoms with E-state index in [0.717, 1.165) is 39.1 Å². The van der Waals surface area contributed by atoms with Gasteiger partial charge in [0.15, 0.2) is 0 Å². The van der Waals surface area contributed by atoms with Gasteiger partial charge in [0.05, 0.1) is 20.3 Å². The number of esters is 1. The first-order chi connectivity index (χ1) is 9.81. The molecule has 20 heavy (non-hydrogen) atoms. The molecule has 0 unspecified atom stereocenters. The Morgan fingerprint density at radius 3 is 2.65 bits per heavy atom. The van der Waals surface area contributed by atoms with Crippen LogP contribution >= 0.6 is 0 Å². The number of carbonyl (C=O) groups is 1. The lowest BCUT2D eigenvalue weighted by Gasteiger charge is -2.35. The third-order valence-electron chi connectivity index (χ3n) is 3.76. The van der Waals surface area contributed by atoms with E-state index in [1.807, 2.05) is 6.07 Å². The summed E-state index contributed by atoms with van der Waals surface area (Å²) in [5.74, 6) is -0.126. The summed E-state index contributed by atoms with van der Waals surface area (Å²) in [6.07, 6.45) is 2.31. The Morgan fingerprint density at radius 2 is 2.00 bits per heavy atom. The highest BCUT2D eigenvalue weighted by molar-refractivity contribution is 5.69. The Bertz CT molecular complexity index is 401. The van der Waals surface area contributed by atoms with Crippen LogP contribution in [0.15, 0.2) is 30.3 Å². The highest BCUT2D eigenvalue weighted by Gasteiger charge is 2.22. The van der Waals surface area contributed by atoms with Gasteiger partial charge in [0.1, 0.15) is 0 Å². The van der Waals surface area contributed by atoms with Crippen molar-refractivity contribution in [2.45, 2.75) is 25.3 Å². The van der Waals surface area contributed by atoms with E-state index >= 15 is 0 Å². The zero-order valence-electron chi connectivity index (χ0n) is 12.1. The standard InChI is InChI=1S/C16H23NO3/c1-19-16(18)9-5-8-15(14-6-3-2-4-7-14)17-10-12-20-13-11-17/h2-4,6-7,15H,5,8-13H2,1H3/t15-/m0/s1. The topological polar surface area (TPSA) is 38.8 Å². The van der Waals surface area contributed by atoms with Gasteiger partial charge < -0.3 is 9.47 Å². The fraction of sp³-hybridized carbons (Fsp3) is 0.562. The first-order valence-corrected chi connectivity index (χ1v) is 7.25. The summed E-state index contributed by atoms with van der Waals surface area (Å²) in [5.41, 5.74) is 1.32. The molecule has 0 N–H and O–H groups in total. The number of ether oxygens (including phenoxy) is 2. The molecule has 1 fully saturated rings. The number of hydrogen-bond acceptors (Lipinski definition) is 4. The lowest BCUT2D eigenvalue weighted by molar-refractivity contribution is -0.140. The van der Waals surface area contributed by atoms with Crippen molar-refractivity contribution in [3.05, 3.63) is 35.9 Å². The minimum absolute atomic E-state index is 0.126. The van der Waals surface area contributed by atoms with E-state index in [-0.39, 0.29) is 5.97 Å². The van der Waals surface area contributed by atoms with Crippen LogP contribution in [0.1, 0.15) is 30.9 Å². The summed E-state index contributed by atoms with van der Waals surface area (Å²) in [7, 11) is 1.44. The minimum atomic E-state index is -0.126. The largest absolute Gasteiger partial charge is 0.469 e. The summed E-state index contributed by atoms with van der Waals surface area (Å²) in [5, 5.41) is 0. The number of methoxy groups -OCH3 is 1. The van der Waals surface area contributed by atoms with Crippen LogP contribution in [0.25, 0.3) is 0 Å². The molecule has 0 amide bonds. The van der Waals surface area contributed by atoms with Crippen molar-refractivity contribution in [1.29, 1.82) is 0 Å². The normalized spacial score (nSPS) is 17.6. The van der Waals surface area contributed by atoms with Crippen molar-refractivity contribution >= 4 is 5.97 Å². The van der Waals surface area contributed by atoms with Crippen molar-refractivity contribution in [2.75, 3.05) is 33.4 Å². The summed E-state index contributed by atoms with van der Waals surface area (Å²) in [6, 6.07) is 10.9. The van der Waals surface area contributed by atoms with Crippen molar-refractivity contribution in [1.82, 2.24) is 4.90 Å². The molecule has 4 heteroatoms. The number of nitrogens with zero attached hydrogens (tertiary/aromatic N) is 1. The first-order valence-electron chi connectivity index (χ1n) is 7.25. The molecular weight excluding hydrogens is 254 g/mol. The van der Waals surface area contributed by atoms with Crippen LogP contribution < -0.4 is 0 Å². The molecule has 1 aliphatic rings. The predicted octanol–water partition coefficient (Wildman–Crippen LogP) is 2.40. The number of rotatable bonds is 6. The Morgan fingerprint density at radius 1 is 1.30 bits per heavy atom. The number of morpholine rings is 1. The van der Waals surface area contributed by atoms with E-state index in [1.54, 1.807) is 0 Å². The van der Waals surface area contributed by atoms with E-state index in [4.69, 9.17) is 9.47 Å². The van der Waals surface area contributed by atoms with E-state index in [1.165, 1.54) is 12.7 Å². The van der Waals surface area contributed by atoms with E-state index < -0.39 is 0 Å². The molecule has 0 spiro atoms. The molecule has 0 saturated carbocycles. The summed E-state index contributed by atoms with van der Waals surface area (Å²) < 4.78 is 10.1. The first kappa shape index (κ1) is 15.0. The van der Waals surface area contributed by atoms with Gasteiger partial charge in [-0.3, -0.25) is 9.69 Å². The van der Waals surface area contributed by atoms with E-state index in [9.17, 15) is 4.79 Å². The maximum atomic E-state index is 11.3. The average molecular weight is 277 g/mol. The number of benzene rings is 1. The molecule has 1 saturated heterocycles. The lowest BCUT2D eigenvalue weighted by Crippen LogP contribution is -2.39. The third kappa shape index (κ3) is 4.32. The molecule has 0 aromatic heterocycles. The fourth-order valence-electron chi connectivity index (χ4n) is 2.67. The molecule has 1 aromatic carbocycles. The highest BCUT2D eigenvalue weighted by Crippen LogP contribution is 2.27. The van der Waals surface area contributed by atoms with Crippen molar-refractivity contribution in [3.63, 3.8) is 0 Å². The molecule has 0 radical (unpaired) electrons. The van der Waals surface area contributed by atoms with Gasteiger partial charge in [0.2, 0.25) is 0 Å². The van der Waals surface area contributed by atoms with Crippen LogP contribution in [0.5, 0.6) is 0 Å². The summed E-state index contributed by atoms with van der Waals surface area (Å²) in [6.45, 7) is 3.50. The maximum absolute atomic E-state index is 11.3. The van der Waals surface area contributed by atoms with Crippen LogP contribution in [0.3, 0.4) is 0 Å². The smallest absolute Gasteiger partial charge is 0.305 e. The van der Waals surface area contributed by atoms with Crippen LogP contribution in [0.2, 0.25) is 0 Å². The van der Waals surface area contributed by atoms with Crippen LogP contribution in [-0.4, -0.2) is 44.3 Å². The lowest BCUT2D eigenvalue weighted by atomic mass is 9.99. The van der Waals surface area contributed by atoms with Gasteiger partial charge in [0, 0.05) is 25.6 Å². The molecule has 1 aromatic rings. The fourth-order valence-corrected chi connectivity index (χ4v) is 2.67. The van der Waals surface area contributed by atoms with Gasteiger partial charge in [-0.2, -0.15) is 0 Å². The summed E-state index contributed by atoms with van der Waals surface area (Å²) >= 11 is 0. The number of carbonyl (C=O) groups excluding carboxylic acids is 1. The van der Waals surface area contributed by atoms with Gasteiger partial charge >= 0.3 is 5.97 Å². The second-order valence-electron chi connectivity index (χ2n) is 5.04. The average Bonchev–Trinajstić information content (AvgIpc) is 2.53. The molecule has 1 atom stereocenters. The zero-order chi connectivity index (χ0) is 14.2. The third-order valence-corrected chi connectivity index (χ3v) is 3.76. The van der Waals surface area contributed by atoms with E-state index in [2.05, 4.69) is 29.2 Å². The van der Waals surface area contributed by atoms with Crippen molar-refractivity contribution in [3.8, 4) is 0 Å². The Kier molecular flexibility index (Phi) is 6.02. The minimum Gasteiger partial charge on any atom is -0.469 e. The Hall–Kier alpha value is -1.39. The predicted molar refractivity (Wildman–Crippen MR) is 77.4 cm³/mol. The van der Waals surface area contributed by atoms with Gasteiger partial charge in [-0.25, -0.2) is 0 Å². The quantitative estimate of drug-likeness (QED) is 0.749. The SMILES string of the molecule is COC(=O)CCC[C@@H](c1ccccc1)N1CCOCC1. The van der Waals surface area contributed by atoms with Gasteiger partial charge in [0.25, 0.3) is 0 Å². The molecule has 110 valence electrons. The van der Waals surface area contributed by atoms with Crippen LogP contribution in [0.4, 0.5) is 0 Å². The highest BCUT2D eigenvalue weighted by atomic mass is 16.5. The monoisotopic (exact) mass is 277 g/mol. The Labute approximate surface area is 120 Å². The van der Waals surface area contributed by atoms with Gasteiger partial charge in [-0.1, -0.05) is 30.3 Å². The molecule has 0 aliphatic carbocycles. The van der Waals surface area contributed by atoms with Crippen LogP contribution in [-0.2, 0) is 14.3 Å². The second-order valence-corrected chi connectivity index (χ2v) is 5.04. The van der Waals surface area contributed by atoms with Gasteiger partial charge in [-0.05, 0) is 18.4 Å². The molecule has 1 heterocycles. The van der Waals surface area contributed by atoms with Crippen molar-refractivity contribution in [2.24, 2.45) is 0 Å². The Balaban J connectivity index is 1.98. The second kappa shape index (κ2) is 8.02. The molecule has 1 aliphatic heterocycles. The zero-order valence-corrected chi connectivity index (χ0v) is 12.1. The van der Waals surface area contributed by atoms with Gasteiger partial charge in [-0.15, -0.1) is 0 Å². The van der Waals surface area contributed by atoms with Crippen molar-refractivity contribution < 1.29 is 14.3 Å². The maximum Gasteiger partial charge on any atom is 0.305 e. The molecule has 4 nitrogen and oxygen atoms in total.